The summed E-state index contributed by atoms with van der Waals surface area (Å²) >= 11 is 0. The van der Waals surface area contributed by atoms with E-state index in [9.17, 15) is 4.79 Å². The third-order valence-corrected chi connectivity index (χ3v) is 3.59. The number of amides is 1. The average Bonchev–Trinajstić information content (AvgIpc) is 2.39. The second-order valence-corrected chi connectivity index (χ2v) is 5.96. The highest BCUT2D eigenvalue weighted by atomic mass is 16.1. The van der Waals surface area contributed by atoms with Crippen LogP contribution >= 0.6 is 0 Å². The summed E-state index contributed by atoms with van der Waals surface area (Å²) in [5.74, 6) is 1.01. The third kappa shape index (κ3) is 6.20. The van der Waals surface area contributed by atoms with E-state index in [2.05, 4.69) is 38.2 Å². The molecule has 0 saturated heterocycles. The van der Waals surface area contributed by atoms with Crippen LogP contribution in [-0.2, 0) is 11.2 Å². The van der Waals surface area contributed by atoms with Gasteiger partial charge in [-0.1, -0.05) is 38.1 Å². The Bertz CT molecular complexity index is 415. The molecule has 0 aliphatic rings. The van der Waals surface area contributed by atoms with Crippen LogP contribution in [0, 0.1) is 18.8 Å². The summed E-state index contributed by atoms with van der Waals surface area (Å²) in [5, 5.41) is 3.00. The van der Waals surface area contributed by atoms with Gasteiger partial charge in [-0.15, -0.1) is 0 Å². The molecule has 1 aromatic carbocycles. The number of hydrogen-bond acceptors (Lipinski definition) is 2. The molecule has 0 spiro atoms. The number of rotatable bonds is 8. The van der Waals surface area contributed by atoms with Crippen molar-refractivity contribution in [2.24, 2.45) is 17.6 Å². The van der Waals surface area contributed by atoms with Crippen LogP contribution in [0.3, 0.4) is 0 Å². The van der Waals surface area contributed by atoms with Crippen LogP contribution in [0.25, 0.3) is 0 Å². The van der Waals surface area contributed by atoms with E-state index in [0.717, 1.165) is 12.8 Å². The van der Waals surface area contributed by atoms with Crippen molar-refractivity contribution in [1.82, 2.24) is 5.32 Å². The second kappa shape index (κ2) is 8.75. The van der Waals surface area contributed by atoms with E-state index in [4.69, 9.17) is 5.73 Å². The molecule has 0 bridgehead atoms. The summed E-state index contributed by atoms with van der Waals surface area (Å²) in [6.07, 6.45) is 2.44. The van der Waals surface area contributed by atoms with Crippen LogP contribution in [0.1, 0.15) is 37.8 Å². The minimum absolute atomic E-state index is 0.120. The van der Waals surface area contributed by atoms with E-state index in [0.29, 0.717) is 31.3 Å². The van der Waals surface area contributed by atoms with Crippen LogP contribution in [0.5, 0.6) is 0 Å². The van der Waals surface area contributed by atoms with Gasteiger partial charge in [0.15, 0.2) is 0 Å². The maximum absolute atomic E-state index is 11.9. The molecule has 3 N–H and O–H groups in total. The van der Waals surface area contributed by atoms with E-state index >= 15 is 0 Å². The molecule has 0 saturated carbocycles. The van der Waals surface area contributed by atoms with Gasteiger partial charge in [-0.3, -0.25) is 4.79 Å². The zero-order valence-electron chi connectivity index (χ0n) is 13.0. The molecule has 1 unspecified atom stereocenters. The molecule has 3 heteroatoms. The number of benzene rings is 1. The topological polar surface area (TPSA) is 55.1 Å². The van der Waals surface area contributed by atoms with Crippen molar-refractivity contribution in [2.45, 2.75) is 40.0 Å². The fourth-order valence-corrected chi connectivity index (χ4v) is 2.49. The summed E-state index contributed by atoms with van der Waals surface area (Å²) in [6.45, 7) is 7.72. The number of carbonyl (C=O) groups excluding carboxylic acids is 1. The molecule has 0 aliphatic carbocycles. The van der Waals surface area contributed by atoms with E-state index in [1.807, 2.05) is 12.1 Å². The molecule has 1 rings (SSSR count). The minimum Gasteiger partial charge on any atom is -0.356 e. The Kier molecular flexibility index (Phi) is 7.31. The zero-order valence-corrected chi connectivity index (χ0v) is 13.0. The first-order chi connectivity index (χ1) is 9.52. The van der Waals surface area contributed by atoms with Gasteiger partial charge in [0.25, 0.3) is 0 Å². The molecular weight excluding hydrogens is 248 g/mol. The van der Waals surface area contributed by atoms with Gasteiger partial charge >= 0.3 is 0 Å². The van der Waals surface area contributed by atoms with E-state index in [-0.39, 0.29) is 5.91 Å². The van der Waals surface area contributed by atoms with Gasteiger partial charge in [0.1, 0.15) is 0 Å². The fourth-order valence-electron chi connectivity index (χ4n) is 2.49. The van der Waals surface area contributed by atoms with Gasteiger partial charge < -0.3 is 11.1 Å². The second-order valence-electron chi connectivity index (χ2n) is 5.96. The van der Waals surface area contributed by atoms with E-state index < -0.39 is 0 Å². The molecule has 0 aromatic heterocycles. The van der Waals surface area contributed by atoms with Gasteiger partial charge in [-0.25, -0.2) is 0 Å². The summed E-state index contributed by atoms with van der Waals surface area (Å²) in [4.78, 5) is 11.9. The maximum atomic E-state index is 11.9. The summed E-state index contributed by atoms with van der Waals surface area (Å²) in [7, 11) is 0. The molecular formula is C17H28N2O. The van der Waals surface area contributed by atoms with Crippen molar-refractivity contribution in [1.29, 1.82) is 0 Å². The monoisotopic (exact) mass is 276 g/mol. The van der Waals surface area contributed by atoms with Crippen molar-refractivity contribution in [2.75, 3.05) is 13.1 Å². The highest BCUT2D eigenvalue weighted by molar-refractivity contribution is 5.76. The van der Waals surface area contributed by atoms with Crippen molar-refractivity contribution in [3.63, 3.8) is 0 Å². The Labute approximate surface area is 122 Å². The van der Waals surface area contributed by atoms with Gasteiger partial charge in [0.2, 0.25) is 5.91 Å². The van der Waals surface area contributed by atoms with Crippen molar-refractivity contribution in [3.05, 3.63) is 35.4 Å². The number of aryl methyl sites for hydroxylation is 1. The predicted molar refractivity (Wildman–Crippen MR) is 84.5 cm³/mol. The number of nitrogens with one attached hydrogen (secondary N) is 1. The van der Waals surface area contributed by atoms with Crippen LogP contribution in [0.4, 0.5) is 0 Å². The van der Waals surface area contributed by atoms with Crippen LogP contribution < -0.4 is 11.1 Å². The maximum Gasteiger partial charge on any atom is 0.220 e. The normalized spacial score (nSPS) is 12.4. The molecule has 0 radical (unpaired) electrons. The molecule has 1 atom stereocenters. The summed E-state index contributed by atoms with van der Waals surface area (Å²) in [6, 6.07) is 8.29. The summed E-state index contributed by atoms with van der Waals surface area (Å²) < 4.78 is 0. The lowest BCUT2D eigenvalue weighted by Gasteiger charge is -2.16. The average molecular weight is 276 g/mol. The molecule has 0 aliphatic heterocycles. The largest absolute Gasteiger partial charge is 0.356 e. The van der Waals surface area contributed by atoms with E-state index in [1.165, 1.54) is 11.1 Å². The smallest absolute Gasteiger partial charge is 0.220 e. The summed E-state index contributed by atoms with van der Waals surface area (Å²) in [5.41, 5.74) is 8.30. The van der Waals surface area contributed by atoms with E-state index in [1.54, 1.807) is 0 Å². The van der Waals surface area contributed by atoms with Gasteiger partial charge in [0.05, 0.1) is 0 Å². The molecule has 112 valence electrons. The quantitative estimate of drug-likeness (QED) is 0.767. The van der Waals surface area contributed by atoms with Crippen molar-refractivity contribution < 1.29 is 4.79 Å². The lowest BCUT2D eigenvalue weighted by atomic mass is 9.94. The Hall–Kier alpha value is -1.35. The van der Waals surface area contributed by atoms with Crippen LogP contribution in [0.2, 0.25) is 0 Å². The molecule has 0 heterocycles. The fraction of sp³-hybridized carbons (Fsp3) is 0.588. The highest BCUT2D eigenvalue weighted by Gasteiger charge is 2.13. The highest BCUT2D eigenvalue weighted by Crippen LogP contribution is 2.14. The SMILES string of the molecule is Cc1ccccc1CCNC(=O)CC(CN)CC(C)C. The van der Waals surface area contributed by atoms with Crippen molar-refractivity contribution >= 4 is 5.91 Å². The first-order valence-corrected chi connectivity index (χ1v) is 7.54. The zero-order chi connectivity index (χ0) is 15.0. The number of hydrogen-bond donors (Lipinski definition) is 2. The Balaban J connectivity index is 2.31. The Morgan fingerprint density at radius 1 is 1.30 bits per heavy atom. The molecule has 20 heavy (non-hydrogen) atoms. The number of nitrogens with two attached hydrogens (primary N) is 1. The molecule has 1 amide bonds. The molecule has 3 nitrogen and oxygen atoms in total. The predicted octanol–water partition coefficient (Wildman–Crippen LogP) is 2.66. The number of carbonyl (C=O) groups is 1. The molecule has 1 aromatic rings. The first-order valence-electron chi connectivity index (χ1n) is 7.54. The van der Waals surface area contributed by atoms with Gasteiger partial charge in [-0.2, -0.15) is 0 Å². The lowest BCUT2D eigenvalue weighted by molar-refractivity contribution is -0.122. The molecule has 0 fully saturated rings. The third-order valence-electron chi connectivity index (χ3n) is 3.59. The van der Waals surface area contributed by atoms with Crippen molar-refractivity contribution in [3.8, 4) is 0 Å². The van der Waals surface area contributed by atoms with Crippen LogP contribution in [-0.4, -0.2) is 19.0 Å². The standard InChI is InChI=1S/C17H28N2O/c1-13(2)10-15(12-18)11-17(20)19-9-8-16-7-5-4-6-14(16)3/h4-7,13,15H,8-12,18H2,1-3H3,(H,19,20). The van der Waals surface area contributed by atoms with Gasteiger partial charge in [-0.05, 0) is 49.3 Å². The first kappa shape index (κ1) is 16.7. The Morgan fingerprint density at radius 3 is 2.60 bits per heavy atom. The van der Waals surface area contributed by atoms with Crippen LogP contribution in [0.15, 0.2) is 24.3 Å². The Morgan fingerprint density at radius 2 is 2.00 bits per heavy atom. The minimum atomic E-state index is 0.120. The lowest BCUT2D eigenvalue weighted by Crippen LogP contribution is -2.30. The van der Waals surface area contributed by atoms with Gasteiger partial charge in [0, 0.05) is 13.0 Å².